The van der Waals surface area contributed by atoms with Crippen LogP contribution in [0.4, 0.5) is 11.4 Å². The second-order valence-corrected chi connectivity index (χ2v) is 5.25. The molecule has 3 rings (SSSR count). The molecule has 2 nitrogen and oxygen atoms in total. The molecule has 0 fully saturated rings. The third-order valence-corrected chi connectivity index (χ3v) is 3.79. The lowest BCUT2D eigenvalue weighted by molar-refractivity contribution is 0.453. The van der Waals surface area contributed by atoms with E-state index in [-0.39, 0.29) is 0 Å². The second kappa shape index (κ2) is 2.91. The van der Waals surface area contributed by atoms with Gasteiger partial charge in [-0.1, -0.05) is 26.0 Å². The molecule has 0 spiro atoms. The second-order valence-electron chi connectivity index (χ2n) is 5.25. The average Bonchev–Trinajstić information content (AvgIpc) is 2.24. The molecule has 0 unspecified atom stereocenters. The Morgan fingerprint density at radius 1 is 1.27 bits per heavy atom. The predicted molar refractivity (Wildman–Crippen MR) is 64.8 cm³/mol. The molecule has 0 atom stereocenters. The third kappa shape index (κ3) is 1.24. The zero-order chi connectivity index (χ0) is 10.5. The molecule has 2 heterocycles. The van der Waals surface area contributed by atoms with E-state index >= 15 is 0 Å². The highest BCUT2D eigenvalue weighted by Crippen LogP contribution is 2.44. The molecule has 2 heteroatoms. The lowest BCUT2D eigenvalue weighted by Crippen LogP contribution is -2.42. The Kier molecular flexibility index (Phi) is 1.76. The normalized spacial score (nSPS) is 21.9. The molecule has 80 valence electrons. The van der Waals surface area contributed by atoms with Gasteiger partial charge in [-0.3, -0.25) is 0 Å². The number of anilines is 2. The van der Waals surface area contributed by atoms with Crippen LogP contribution in [0.25, 0.3) is 0 Å². The summed E-state index contributed by atoms with van der Waals surface area (Å²) in [5.74, 6) is 0. The number of nitrogens with zero attached hydrogens (tertiary/aromatic N) is 1. The van der Waals surface area contributed by atoms with Crippen LogP contribution in [0.15, 0.2) is 18.2 Å². The number of nitrogens with one attached hydrogen (secondary N) is 1. The summed E-state index contributed by atoms with van der Waals surface area (Å²) >= 11 is 0. The molecular formula is C13H18N2. The maximum atomic E-state index is 3.50. The summed E-state index contributed by atoms with van der Waals surface area (Å²) < 4.78 is 0. The van der Waals surface area contributed by atoms with Crippen molar-refractivity contribution in [1.29, 1.82) is 0 Å². The van der Waals surface area contributed by atoms with E-state index in [1.54, 1.807) is 0 Å². The van der Waals surface area contributed by atoms with Crippen molar-refractivity contribution >= 4 is 11.4 Å². The van der Waals surface area contributed by atoms with Crippen molar-refractivity contribution in [2.45, 2.75) is 25.7 Å². The van der Waals surface area contributed by atoms with Gasteiger partial charge in [-0.25, -0.2) is 0 Å². The molecule has 0 radical (unpaired) electrons. The first-order valence-electron chi connectivity index (χ1n) is 5.81. The number of para-hydroxylation sites is 1. The summed E-state index contributed by atoms with van der Waals surface area (Å²) in [6.07, 6.45) is 1.27. The molecule has 0 saturated carbocycles. The van der Waals surface area contributed by atoms with Gasteiger partial charge in [0, 0.05) is 19.6 Å². The van der Waals surface area contributed by atoms with Crippen molar-refractivity contribution in [3.05, 3.63) is 23.8 Å². The maximum absolute atomic E-state index is 3.50. The van der Waals surface area contributed by atoms with Crippen LogP contribution in [-0.2, 0) is 5.41 Å². The van der Waals surface area contributed by atoms with Gasteiger partial charge in [-0.2, -0.15) is 0 Å². The molecular weight excluding hydrogens is 184 g/mol. The van der Waals surface area contributed by atoms with E-state index in [1.165, 1.54) is 29.9 Å². The summed E-state index contributed by atoms with van der Waals surface area (Å²) in [6.45, 7) is 8.15. The number of hydrogen-bond acceptors (Lipinski definition) is 2. The minimum absolute atomic E-state index is 0.334. The summed E-state index contributed by atoms with van der Waals surface area (Å²) in [5, 5.41) is 3.50. The summed E-state index contributed by atoms with van der Waals surface area (Å²) in [4.78, 5) is 2.53. The van der Waals surface area contributed by atoms with Gasteiger partial charge in [0.15, 0.2) is 0 Å². The van der Waals surface area contributed by atoms with Gasteiger partial charge < -0.3 is 10.2 Å². The van der Waals surface area contributed by atoms with Gasteiger partial charge in [0.2, 0.25) is 0 Å². The zero-order valence-electron chi connectivity index (χ0n) is 9.51. The number of hydrogen-bond donors (Lipinski definition) is 1. The highest BCUT2D eigenvalue weighted by molar-refractivity contribution is 5.77. The lowest BCUT2D eigenvalue weighted by atomic mass is 9.77. The topological polar surface area (TPSA) is 15.3 Å². The average molecular weight is 202 g/mol. The van der Waals surface area contributed by atoms with Gasteiger partial charge in [-0.05, 0) is 23.5 Å². The Morgan fingerprint density at radius 2 is 2.13 bits per heavy atom. The SMILES string of the molecule is CC1(C)CCN2CCNc3cccc1c32. The van der Waals surface area contributed by atoms with Gasteiger partial charge >= 0.3 is 0 Å². The minimum atomic E-state index is 0.334. The largest absolute Gasteiger partial charge is 0.382 e. The number of rotatable bonds is 0. The van der Waals surface area contributed by atoms with E-state index in [0.29, 0.717) is 5.41 Å². The first kappa shape index (κ1) is 9.08. The molecule has 1 N–H and O–H groups in total. The smallest absolute Gasteiger partial charge is 0.0640 e. The van der Waals surface area contributed by atoms with Crippen molar-refractivity contribution in [1.82, 2.24) is 0 Å². The summed E-state index contributed by atoms with van der Waals surface area (Å²) in [5.41, 5.74) is 4.63. The van der Waals surface area contributed by atoms with Gasteiger partial charge in [-0.15, -0.1) is 0 Å². The van der Waals surface area contributed by atoms with Crippen molar-refractivity contribution in [3.8, 4) is 0 Å². The highest BCUT2D eigenvalue weighted by Gasteiger charge is 2.33. The van der Waals surface area contributed by atoms with E-state index in [2.05, 4.69) is 42.3 Å². The Morgan fingerprint density at radius 3 is 3.00 bits per heavy atom. The fourth-order valence-electron chi connectivity index (χ4n) is 2.78. The van der Waals surface area contributed by atoms with Crippen LogP contribution in [0.1, 0.15) is 25.8 Å². The molecule has 15 heavy (non-hydrogen) atoms. The molecule has 0 amide bonds. The monoisotopic (exact) mass is 202 g/mol. The fourth-order valence-corrected chi connectivity index (χ4v) is 2.78. The quantitative estimate of drug-likeness (QED) is 0.695. The van der Waals surface area contributed by atoms with Gasteiger partial charge in [0.05, 0.1) is 11.4 Å². The Balaban J connectivity index is 2.22. The molecule has 0 bridgehead atoms. The Bertz CT molecular complexity index is 396. The molecule has 2 aliphatic rings. The maximum Gasteiger partial charge on any atom is 0.0640 e. The Labute approximate surface area is 91.3 Å². The summed E-state index contributed by atoms with van der Waals surface area (Å²) in [6, 6.07) is 6.67. The van der Waals surface area contributed by atoms with E-state index in [0.717, 1.165) is 13.1 Å². The molecule has 1 aromatic carbocycles. The van der Waals surface area contributed by atoms with Gasteiger partial charge in [0.1, 0.15) is 0 Å². The van der Waals surface area contributed by atoms with E-state index < -0.39 is 0 Å². The van der Waals surface area contributed by atoms with Crippen LogP contribution in [0.2, 0.25) is 0 Å². The zero-order valence-corrected chi connectivity index (χ0v) is 9.51. The van der Waals surface area contributed by atoms with Crippen molar-refractivity contribution in [2.24, 2.45) is 0 Å². The van der Waals surface area contributed by atoms with E-state index in [9.17, 15) is 0 Å². The summed E-state index contributed by atoms with van der Waals surface area (Å²) in [7, 11) is 0. The van der Waals surface area contributed by atoms with Crippen LogP contribution < -0.4 is 10.2 Å². The van der Waals surface area contributed by atoms with Crippen molar-refractivity contribution in [3.63, 3.8) is 0 Å². The number of benzene rings is 1. The molecule has 2 aliphatic heterocycles. The molecule has 0 aromatic heterocycles. The Hall–Kier alpha value is -1.18. The van der Waals surface area contributed by atoms with Crippen molar-refractivity contribution < 1.29 is 0 Å². The first-order chi connectivity index (χ1) is 7.18. The van der Waals surface area contributed by atoms with E-state index in [4.69, 9.17) is 0 Å². The van der Waals surface area contributed by atoms with E-state index in [1.807, 2.05) is 0 Å². The fraction of sp³-hybridized carbons (Fsp3) is 0.538. The van der Waals surface area contributed by atoms with Gasteiger partial charge in [0.25, 0.3) is 0 Å². The molecule has 0 saturated heterocycles. The molecule has 0 aliphatic carbocycles. The minimum Gasteiger partial charge on any atom is -0.382 e. The first-order valence-corrected chi connectivity index (χ1v) is 5.81. The van der Waals surface area contributed by atoms with Crippen LogP contribution in [0.3, 0.4) is 0 Å². The molecule has 1 aromatic rings. The lowest BCUT2D eigenvalue weighted by Gasteiger charge is -2.43. The van der Waals surface area contributed by atoms with Crippen LogP contribution >= 0.6 is 0 Å². The highest BCUT2D eigenvalue weighted by atomic mass is 15.2. The van der Waals surface area contributed by atoms with Crippen LogP contribution in [-0.4, -0.2) is 19.6 Å². The van der Waals surface area contributed by atoms with Crippen LogP contribution in [0, 0.1) is 0 Å². The third-order valence-electron chi connectivity index (χ3n) is 3.79. The van der Waals surface area contributed by atoms with Crippen molar-refractivity contribution in [2.75, 3.05) is 29.9 Å². The van der Waals surface area contributed by atoms with Crippen LogP contribution in [0.5, 0.6) is 0 Å². The standard InChI is InChI=1S/C13H18N2/c1-13(2)6-8-15-9-7-14-11-5-3-4-10(13)12(11)15/h3-5,14H,6-9H2,1-2H3. The predicted octanol–water partition coefficient (Wildman–Crippen LogP) is 2.60.